The van der Waals surface area contributed by atoms with E-state index in [1.165, 1.54) is 36.4 Å². The van der Waals surface area contributed by atoms with Crippen LogP contribution in [0.15, 0.2) is 42.5 Å². The van der Waals surface area contributed by atoms with Crippen LogP contribution in [-0.4, -0.2) is 41.8 Å². The zero-order valence-corrected chi connectivity index (χ0v) is 16.8. The highest BCUT2D eigenvalue weighted by molar-refractivity contribution is 6.33. The van der Waals surface area contributed by atoms with Gasteiger partial charge in [0, 0.05) is 36.2 Å². The number of anilines is 1. The Labute approximate surface area is 183 Å². The zero-order chi connectivity index (χ0) is 23.7. The van der Waals surface area contributed by atoms with Crippen molar-refractivity contribution in [2.75, 3.05) is 11.9 Å². The van der Waals surface area contributed by atoms with Gasteiger partial charge in [-0.15, -0.1) is 13.2 Å². The maximum Gasteiger partial charge on any atom is 0.573 e. The van der Waals surface area contributed by atoms with Gasteiger partial charge in [0.05, 0.1) is 5.02 Å². The first-order chi connectivity index (χ1) is 14.9. The molecule has 6 nitrogen and oxygen atoms in total. The van der Waals surface area contributed by atoms with E-state index in [0.29, 0.717) is 4.90 Å². The average Bonchev–Trinajstić information content (AvgIpc) is 2.66. The Bertz CT molecular complexity index is 1030. The maximum absolute atomic E-state index is 13.7. The number of ether oxygens (including phenoxy) is 1. The number of hydrogen-bond acceptors (Lipinski definition) is 4. The first kappa shape index (κ1) is 23.6. The van der Waals surface area contributed by atoms with Gasteiger partial charge in [-0.05, 0) is 18.2 Å². The fraction of sp³-hybridized carbons (Fsp3) is 0.300. The molecule has 1 heterocycles. The second kappa shape index (κ2) is 8.81. The Morgan fingerprint density at radius 2 is 1.84 bits per heavy atom. The summed E-state index contributed by atoms with van der Waals surface area (Å²) in [5, 5.41) is 13.4. The van der Waals surface area contributed by atoms with E-state index in [4.69, 9.17) is 11.6 Å². The molecule has 0 unspecified atom stereocenters. The molecule has 2 aromatic carbocycles. The van der Waals surface area contributed by atoms with Crippen molar-refractivity contribution in [1.29, 1.82) is 0 Å². The summed E-state index contributed by atoms with van der Waals surface area (Å²) in [6.07, 6.45) is -8.43. The predicted octanol–water partition coefficient (Wildman–Crippen LogP) is 4.29. The number of para-hydroxylation sites is 1. The first-order valence-electron chi connectivity index (χ1n) is 9.17. The van der Waals surface area contributed by atoms with Crippen LogP contribution in [0.2, 0.25) is 5.02 Å². The van der Waals surface area contributed by atoms with Gasteiger partial charge in [-0.1, -0.05) is 35.9 Å². The van der Waals surface area contributed by atoms with Crippen LogP contribution in [0.4, 0.5) is 32.4 Å². The lowest BCUT2D eigenvalue weighted by Crippen LogP contribution is -2.58. The molecule has 1 atom stereocenters. The van der Waals surface area contributed by atoms with E-state index in [9.17, 15) is 36.6 Å². The van der Waals surface area contributed by atoms with Gasteiger partial charge in [-0.25, -0.2) is 8.78 Å². The Morgan fingerprint density at radius 1 is 1.16 bits per heavy atom. The highest BCUT2D eigenvalue weighted by Gasteiger charge is 2.43. The Hall–Kier alpha value is -3.08. The number of likely N-dealkylation sites (tertiary alicyclic amines) is 1. The van der Waals surface area contributed by atoms with Crippen molar-refractivity contribution in [2.45, 2.75) is 31.2 Å². The van der Waals surface area contributed by atoms with E-state index < -0.39 is 55.5 Å². The number of carbonyl (C=O) groups is 2. The molecule has 0 aromatic heterocycles. The number of rotatable bonds is 4. The van der Waals surface area contributed by atoms with Crippen molar-refractivity contribution in [2.24, 2.45) is 0 Å². The zero-order valence-electron chi connectivity index (χ0n) is 16.1. The number of nitrogens with one attached hydrogen (secondary N) is 1. The maximum atomic E-state index is 13.7. The summed E-state index contributed by atoms with van der Waals surface area (Å²) in [5.41, 5.74) is 0.220. The Morgan fingerprint density at radius 3 is 2.47 bits per heavy atom. The van der Waals surface area contributed by atoms with Crippen LogP contribution in [0.25, 0.3) is 11.1 Å². The number of piperidine rings is 1. The smallest absolute Gasteiger partial charge is 0.530 e. The highest BCUT2D eigenvalue weighted by Crippen LogP contribution is 2.38. The molecule has 172 valence electrons. The molecule has 3 rings (SSSR count). The van der Waals surface area contributed by atoms with Crippen LogP contribution < -0.4 is 15.2 Å². The standard InChI is InChI=1S/C20H16ClF5N2O4/c21-14-9-11(27-17(29)15-10-19(22,23)7-8-28(15)18(30)31)5-6-12(14)13-3-1-2-4-16(13)32-20(24,25)26/h1-6,9,15H,7-8,10H2,(H,27,29)(H,30,31)/p-1/t15-/m1/s1. The topological polar surface area (TPSA) is 81.7 Å². The normalized spacial score (nSPS) is 18.2. The molecule has 1 aliphatic rings. The highest BCUT2D eigenvalue weighted by atomic mass is 35.5. The summed E-state index contributed by atoms with van der Waals surface area (Å²) in [5.74, 6) is -4.73. The van der Waals surface area contributed by atoms with Crippen molar-refractivity contribution in [3.05, 3.63) is 47.5 Å². The summed E-state index contributed by atoms with van der Waals surface area (Å²) in [7, 11) is 0. The minimum atomic E-state index is -4.93. The molecule has 2 aromatic rings. The third-order valence-electron chi connectivity index (χ3n) is 4.76. The molecule has 1 N–H and O–H groups in total. The van der Waals surface area contributed by atoms with E-state index >= 15 is 0 Å². The number of carboxylic acid groups (broad SMARTS) is 1. The van der Waals surface area contributed by atoms with Crippen molar-refractivity contribution in [3.8, 4) is 16.9 Å². The molecule has 0 aliphatic carbocycles. The fourth-order valence-electron chi connectivity index (χ4n) is 3.33. The second-order valence-corrected chi connectivity index (χ2v) is 7.42. The Kier molecular flexibility index (Phi) is 6.49. The van der Waals surface area contributed by atoms with Gasteiger partial charge in [0.2, 0.25) is 5.91 Å². The third-order valence-corrected chi connectivity index (χ3v) is 5.08. The van der Waals surface area contributed by atoms with Crippen molar-refractivity contribution >= 4 is 29.3 Å². The molecule has 1 saturated heterocycles. The van der Waals surface area contributed by atoms with Gasteiger partial charge in [-0.3, -0.25) is 4.79 Å². The SMILES string of the molecule is O=C(Nc1ccc(-c2ccccc2OC(F)(F)F)c(Cl)c1)[C@H]1CC(F)(F)CCN1C(=O)[O-]. The minimum Gasteiger partial charge on any atom is -0.530 e. The van der Waals surface area contributed by atoms with Crippen LogP contribution in [-0.2, 0) is 4.79 Å². The number of benzene rings is 2. The molecular weight excluding hydrogens is 463 g/mol. The molecule has 0 bridgehead atoms. The molecular formula is C20H15ClF5N2O4-. The number of hydrogen-bond donors (Lipinski definition) is 1. The van der Waals surface area contributed by atoms with Crippen molar-refractivity contribution in [1.82, 2.24) is 4.90 Å². The van der Waals surface area contributed by atoms with Gasteiger partial charge in [0.15, 0.2) is 0 Å². The number of nitrogens with zero attached hydrogens (tertiary/aromatic N) is 1. The average molecular weight is 478 g/mol. The Balaban J connectivity index is 1.83. The second-order valence-electron chi connectivity index (χ2n) is 7.01. The van der Waals surface area contributed by atoms with E-state index in [-0.39, 0.29) is 21.8 Å². The van der Waals surface area contributed by atoms with E-state index in [1.807, 2.05) is 0 Å². The molecule has 0 spiro atoms. The van der Waals surface area contributed by atoms with Crippen LogP contribution in [0, 0.1) is 0 Å². The molecule has 1 fully saturated rings. The lowest BCUT2D eigenvalue weighted by atomic mass is 9.98. The predicted molar refractivity (Wildman–Crippen MR) is 102 cm³/mol. The summed E-state index contributed by atoms with van der Waals surface area (Å²) in [6.45, 7) is -0.566. The van der Waals surface area contributed by atoms with Crippen molar-refractivity contribution < 1.29 is 41.4 Å². The van der Waals surface area contributed by atoms with E-state index in [2.05, 4.69) is 10.1 Å². The summed E-state index contributed by atoms with van der Waals surface area (Å²) >= 11 is 6.18. The molecule has 2 amide bonds. The molecule has 12 heteroatoms. The molecule has 32 heavy (non-hydrogen) atoms. The van der Waals surface area contributed by atoms with Crippen LogP contribution >= 0.6 is 11.6 Å². The molecule has 0 saturated carbocycles. The largest absolute Gasteiger partial charge is 0.573 e. The van der Waals surface area contributed by atoms with Gasteiger partial charge < -0.3 is 24.9 Å². The van der Waals surface area contributed by atoms with E-state index in [1.54, 1.807) is 0 Å². The lowest BCUT2D eigenvalue weighted by Gasteiger charge is -2.39. The number of halogens is 6. The fourth-order valence-corrected chi connectivity index (χ4v) is 3.61. The quantitative estimate of drug-likeness (QED) is 0.666. The minimum absolute atomic E-state index is 0.0303. The van der Waals surface area contributed by atoms with Gasteiger partial charge >= 0.3 is 6.36 Å². The van der Waals surface area contributed by atoms with Gasteiger partial charge in [0.25, 0.3) is 5.92 Å². The summed E-state index contributed by atoms with van der Waals surface area (Å²) < 4.78 is 69.4. The number of alkyl halides is 5. The summed E-state index contributed by atoms with van der Waals surface area (Å²) in [4.78, 5) is 24.2. The number of amides is 2. The van der Waals surface area contributed by atoms with Gasteiger partial charge in [0.1, 0.15) is 17.9 Å². The first-order valence-corrected chi connectivity index (χ1v) is 9.55. The lowest BCUT2D eigenvalue weighted by molar-refractivity contribution is -0.274. The molecule has 0 radical (unpaired) electrons. The van der Waals surface area contributed by atoms with Gasteiger partial charge in [-0.2, -0.15) is 0 Å². The van der Waals surface area contributed by atoms with Crippen LogP contribution in [0.1, 0.15) is 12.8 Å². The van der Waals surface area contributed by atoms with Crippen LogP contribution in [0.3, 0.4) is 0 Å². The van der Waals surface area contributed by atoms with Crippen LogP contribution in [0.5, 0.6) is 5.75 Å². The summed E-state index contributed by atoms with van der Waals surface area (Å²) in [6, 6.07) is 7.39. The monoisotopic (exact) mass is 477 g/mol. The third kappa shape index (κ3) is 5.58. The number of carbonyl (C=O) groups excluding carboxylic acids is 2. The van der Waals surface area contributed by atoms with Crippen molar-refractivity contribution in [3.63, 3.8) is 0 Å². The molecule has 1 aliphatic heterocycles. The van der Waals surface area contributed by atoms with E-state index in [0.717, 1.165) is 6.07 Å².